The van der Waals surface area contributed by atoms with Gasteiger partial charge in [-0.15, -0.1) is 0 Å². The van der Waals surface area contributed by atoms with Crippen molar-refractivity contribution < 1.29 is 0 Å². The second-order valence-corrected chi connectivity index (χ2v) is 5.07. The molecule has 21 heavy (non-hydrogen) atoms. The molecule has 0 saturated heterocycles. The van der Waals surface area contributed by atoms with Gasteiger partial charge in [0.2, 0.25) is 0 Å². The van der Waals surface area contributed by atoms with Crippen LogP contribution in [0.5, 0.6) is 0 Å². The van der Waals surface area contributed by atoms with Crippen LogP contribution >= 0.6 is 0 Å². The molecule has 0 aliphatic heterocycles. The van der Waals surface area contributed by atoms with Crippen LogP contribution in [0.4, 0.5) is 0 Å². The van der Waals surface area contributed by atoms with Gasteiger partial charge in [-0.2, -0.15) is 0 Å². The number of hydrogen-bond acceptors (Lipinski definition) is 3. The third kappa shape index (κ3) is 2.40. The molecule has 4 nitrogen and oxygen atoms in total. The van der Waals surface area contributed by atoms with E-state index in [1.807, 2.05) is 30.3 Å². The fourth-order valence-corrected chi connectivity index (χ4v) is 2.46. The third-order valence-corrected chi connectivity index (χ3v) is 3.56. The van der Waals surface area contributed by atoms with E-state index in [0.29, 0.717) is 16.7 Å². The molecule has 0 unspecified atom stereocenters. The van der Waals surface area contributed by atoms with Gasteiger partial charge in [-0.05, 0) is 24.1 Å². The zero-order valence-corrected chi connectivity index (χ0v) is 11.9. The summed E-state index contributed by atoms with van der Waals surface area (Å²) in [4.78, 5) is 16.8. The van der Waals surface area contributed by atoms with Gasteiger partial charge in [-0.25, -0.2) is 9.66 Å². The lowest BCUT2D eigenvalue weighted by atomic mass is 10.1. The van der Waals surface area contributed by atoms with Crippen LogP contribution in [0.1, 0.15) is 18.9 Å². The van der Waals surface area contributed by atoms with Crippen molar-refractivity contribution in [1.82, 2.24) is 9.66 Å². The zero-order chi connectivity index (χ0) is 14.8. The van der Waals surface area contributed by atoms with Gasteiger partial charge in [0.25, 0.3) is 5.56 Å². The van der Waals surface area contributed by atoms with Crippen LogP contribution in [0.25, 0.3) is 22.3 Å². The van der Waals surface area contributed by atoms with Crippen LogP contribution in [0.15, 0.2) is 53.3 Å². The molecule has 0 radical (unpaired) electrons. The van der Waals surface area contributed by atoms with E-state index in [4.69, 9.17) is 5.84 Å². The number of aromatic nitrogens is 2. The van der Waals surface area contributed by atoms with Gasteiger partial charge < -0.3 is 5.84 Å². The van der Waals surface area contributed by atoms with Crippen LogP contribution in [-0.2, 0) is 6.42 Å². The average molecular weight is 279 g/mol. The number of para-hydroxylation sites is 1. The van der Waals surface area contributed by atoms with Crippen molar-refractivity contribution >= 4 is 10.9 Å². The van der Waals surface area contributed by atoms with Crippen molar-refractivity contribution in [3.63, 3.8) is 0 Å². The van der Waals surface area contributed by atoms with E-state index in [2.05, 4.69) is 24.0 Å². The summed E-state index contributed by atoms with van der Waals surface area (Å²) in [5.41, 5.74) is 2.55. The molecule has 0 aliphatic carbocycles. The molecule has 1 heterocycles. The van der Waals surface area contributed by atoms with Crippen LogP contribution in [0, 0.1) is 0 Å². The van der Waals surface area contributed by atoms with Gasteiger partial charge in [0.1, 0.15) is 0 Å². The Morgan fingerprint density at radius 3 is 2.52 bits per heavy atom. The first-order valence-corrected chi connectivity index (χ1v) is 7.07. The zero-order valence-electron chi connectivity index (χ0n) is 11.9. The maximum absolute atomic E-state index is 12.3. The number of aryl methyl sites for hydroxylation is 1. The lowest BCUT2D eigenvalue weighted by Gasteiger charge is -2.09. The predicted octanol–water partition coefficient (Wildman–Crippen LogP) is 2.73. The molecule has 1 aromatic heterocycles. The van der Waals surface area contributed by atoms with E-state index in [0.717, 1.165) is 23.1 Å². The summed E-state index contributed by atoms with van der Waals surface area (Å²) in [5, 5.41) is 0.534. The largest absolute Gasteiger partial charge is 0.334 e. The monoisotopic (exact) mass is 279 g/mol. The van der Waals surface area contributed by atoms with E-state index in [1.165, 1.54) is 5.56 Å². The number of fused-ring (bicyclic) bond motifs is 1. The highest BCUT2D eigenvalue weighted by Gasteiger charge is 2.10. The predicted molar refractivity (Wildman–Crippen MR) is 85.6 cm³/mol. The summed E-state index contributed by atoms with van der Waals surface area (Å²) < 4.78 is 1.12. The lowest BCUT2D eigenvalue weighted by Crippen LogP contribution is -2.29. The smallest absolute Gasteiger partial charge is 0.280 e. The Morgan fingerprint density at radius 2 is 1.81 bits per heavy atom. The maximum atomic E-state index is 12.3. The van der Waals surface area contributed by atoms with Crippen LogP contribution in [0.3, 0.4) is 0 Å². The van der Waals surface area contributed by atoms with Gasteiger partial charge in [0.15, 0.2) is 5.82 Å². The number of benzene rings is 2. The molecular weight excluding hydrogens is 262 g/mol. The Morgan fingerprint density at radius 1 is 1.10 bits per heavy atom. The highest BCUT2D eigenvalue weighted by Crippen LogP contribution is 2.18. The fraction of sp³-hybridized carbons (Fsp3) is 0.176. The lowest BCUT2D eigenvalue weighted by molar-refractivity contribution is 0.916. The van der Waals surface area contributed by atoms with Crippen molar-refractivity contribution in [3.8, 4) is 11.4 Å². The summed E-state index contributed by atoms with van der Waals surface area (Å²) in [6.07, 6.45) is 2.15. The number of nitrogens with zero attached hydrogens (tertiary/aromatic N) is 2. The first-order valence-electron chi connectivity index (χ1n) is 7.07. The normalized spacial score (nSPS) is 10.9. The molecular formula is C17H17N3O. The summed E-state index contributed by atoms with van der Waals surface area (Å²) >= 11 is 0. The molecule has 3 rings (SSSR count). The molecule has 2 aromatic carbocycles. The van der Waals surface area contributed by atoms with Crippen LogP contribution < -0.4 is 11.4 Å². The Hall–Kier alpha value is -2.62. The number of nitrogen functional groups attached to an aromatic ring is 1. The van der Waals surface area contributed by atoms with E-state index >= 15 is 0 Å². The molecule has 0 atom stereocenters. The van der Waals surface area contributed by atoms with E-state index in [9.17, 15) is 4.79 Å². The van der Waals surface area contributed by atoms with E-state index in [1.54, 1.807) is 6.07 Å². The molecule has 106 valence electrons. The van der Waals surface area contributed by atoms with Crippen LogP contribution in [0.2, 0.25) is 0 Å². The number of nitrogens with two attached hydrogens (primary N) is 1. The summed E-state index contributed by atoms with van der Waals surface area (Å²) in [7, 11) is 0. The van der Waals surface area contributed by atoms with Gasteiger partial charge >= 0.3 is 0 Å². The fourth-order valence-electron chi connectivity index (χ4n) is 2.46. The van der Waals surface area contributed by atoms with Gasteiger partial charge in [-0.3, -0.25) is 4.79 Å². The van der Waals surface area contributed by atoms with Gasteiger partial charge in [-0.1, -0.05) is 49.7 Å². The molecule has 0 amide bonds. The second-order valence-electron chi connectivity index (χ2n) is 5.07. The van der Waals surface area contributed by atoms with E-state index in [-0.39, 0.29) is 5.56 Å². The molecule has 0 spiro atoms. The molecule has 2 N–H and O–H groups in total. The Bertz CT molecular complexity index is 835. The first-order chi connectivity index (χ1) is 10.2. The highest BCUT2D eigenvalue weighted by atomic mass is 16.1. The van der Waals surface area contributed by atoms with Crippen molar-refractivity contribution in [1.29, 1.82) is 0 Å². The molecule has 0 saturated carbocycles. The molecule has 3 aromatic rings. The summed E-state index contributed by atoms with van der Waals surface area (Å²) in [5.74, 6) is 6.41. The molecule has 0 bridgehead atoms. The van der Waals surface area contributed by atoms with Gasteiger partial charge in [0, 0.05) is 5.56 Å². The maximum Gasteiger partial charge on any atom is 0.280 e. The highest BCUT2D eigenvalue weighted by molar-refractivity contribution is 5.79. The topological polar surface area (TPSA) is 60.9 Å². The van der Waals surface area contributed by atoms with Gasteiger partial charge in [0.05, 0.1) is 10.9 Å². The molecule has 0 aliphatic rings. The van der Waals surface area contributed by atoms with Crippen molar-refractivity contribution in [3.05, 3.63) is 64.4 Å². The third-order valence-electron chi connectivity index (χ3n) is 3.56. The minimum Gasteiger partial charge on any atom is -0.334 e. The Balaban J connectivity index is 2.16. The van der Waals surface area contributed by atoms with Crippen molar-refractivity contribution in [2.75, 3.05) is 5.84 Å². The minimum atomic E-state index is -0.228. The number of hydrogen-bond donors (Lipinski definition) is 1. The van der Waals surface area contributed by atoms with Crippen LogP contribution in [-0.4, -0.2) is 9.66 Å². The SMILES string of the molecule is CCCc1ccc(-c2nc3ccccc3c(=O)n2N)cc1. The molecule has 4 heteroatoms. The Labute approximate surface area is 122 Å². The quantitative estimate of drug-likeness (QED) is 0.750. The first kappa shape index (κ1) is 13.4. The Kier molecular flexibility index (Phi) is 3.44. The van der Waals surface area contributed by atoms with Crippen molar-refractivity contribution in [2.45, 2.75) is 19.8 Å². The second kappa shape index (κ2) is 5.40. The summed E-state index contributed by atoms with van der Waals surface area (Å²) in [6.45, 7) is 2.15. The average Bonchev–Trinajstić information content (AvgIpc) is 2.52. The number of rotatable bonds is 3. The summed E-state index contributed by atoms with van der Waals surface area (Å²) in [6, 6.07) is 15.3. The standard InChI is InChI=1S/C17H17N3O/c1-2-5-12-8-10-13(11-9-12)16-19-15-7-4-3-6-14(15)17(21)20(16)18/h3-4,6-11H,2,5,18H2,1H3. The minimum absolute atomic E-state index is 0.228. The van der Waals surface area contributed by atoms with Crippen molar-refractivity contribution in [2.24, 2.45) is 0 Å². The molecule has 0 fully saturated rings. The van der Waals surface area contributed by atoms with E-state index < -0.39 is 0 Å².